The zero-order chi connectivity index (χ0) is 7.28. The molecule has 0 aromatic rings. The molecular weight excluding hydrogens is 118 g/mol. The number of hydrogen-bond acceptors (Lipinski definition) is 3. The third-order valence-electron chi connectivity index (χ3n) is 0.515. The van der Waals surface area contributed by atoms with Crippen molar-refractivity contribution in [2.24, 2.45) is 5.16 Å². The summed E-state index contributed by atoms with van der Waals surface area (Å²) in [7, 11) is 0. The number of carbonyl (C=O) groups is 1. The molecule has 3 heteroatoms. The van der Waals surface area contributed by atoms with Crippen molar-refractivity contribution in [3.8, 4) is 0 Å². The summed E-state index contributed by atoms with van der Waals surface area (Å²) in [5.74, 6) is -0.0139. The van der Waals surface area contributed by atoms with E-state index in [0.717, 1.165) is 5.71 Å². The molecule has 0 unspecified atom stereocenters. The first kappa shape index (κ1) is 8.14. The van der Waals surface area contributed by atoms with Gasteiger partial charge in [-0.1, -0.05) is 5.16 Å². The highest BCUT2D eigenvalue weighted by molar-refractivity contribution is 5.79. The van der Waals surface area contributed by atoms with E-state index in [4.69, 9.17) is 0 Å². The number of carbonyl (C=O) groups excluding carboxylic acids is 1. The van der Waals surface area contributed by atoms with Gasteiger partial charge in [-0.3, -0.25) is 4.79 Å². The highest BCUT2D eigenvalue weighted by atomic mass is 16.6. The highest BCUT2D eigenvalue weighted by Crippen LogP contribution is 1.79. The molecule has 3 nitrogen and oxygen atoms in total. The second-order valence-electron chi connectivity index (χ2n) is 2.01. The monoisotopic (exact) mass is 129 g/mol. The first-order valence-electron chi connectivity index (χ1n) is 2.75. The van der Waals surface area contributed by atoms with Crippen LogP contribution in [0.3, 0.4) is 0 Å². The SMILES string of the molecule is CC(=O)CON=C(C)C. The maximum atomic E-state index is 10.2. The van der Waals surface area contributed by atoms with E-state index in [1.54, 1.807) is 13.8 Å². The Morgan fingerprint density at radius 3 is 2.33 bits per heavy atom. The van der Waals surface area contributed by atoms with E-state index in [2.05, 4.69) is 9.99 Å². The highest BCUT2D eigenvalue weighted by Gasteiger charge is 1.89. The second kappa shape index (κ2) is 4.06. The van der Waals surface area contributed by atoms with Crippen LogP contribution in [0.4, 0.5) is 0 Å². The quantitative estimate of drug-likeness (QED) is 0.421. The van der Waals surface area contributed by atoms with Crippen LogP contribution in [0.25, 0.3) is 0 Å². The maximum Gasteiger partial charge on any atom is 0.174 e. The summed E-state index contributed by atoms with van der Waals surface area (Å²) in [5, 5.41) is 3.56. The zero-order valence-corrected chi connectivity index (χ0v) is 5.97. The Bertz CT molecular complexity index is 125. The molecule has 0 aliphatic heterocycles. The zero-order valence-electron chi connectivity index (χ0n) is 5.97. The van der Waals surface area contributed by atoms with Crippen LogP contribution in [0, 0.1) is 0 Å². The number of ketones is 1. The summed E-state index contributed by atoms with van der Waals surface area (Å²) in [6.07, 6.45) is 0. The largest absolute Gasteiger partial charge is 0.388 e. The lowest BCUT2D eigenvalue weighted by molar-refractivity contribution is -0.121. The van der Waals surface area contributed by atoms with E-state index < -0.39 is 0 Å². The first-order valence-corrected chi connectivity index (χ1v) is 2.75. The van der Waals surface area contributed by atoms with Crippen LogP contribution in [0.5, 0.6) is 0 Å². The second-order valence-corrected chi connectivity index (χ2v) is 2.01. The van der Waals surface area contributed by atoms with Crippen molar-refractivity contribution in [1.29, 1.82) is 0 Å². The van der Waals surface area contributed by atoms with Gasteiger partial charge in [-0.2, -0.15) is 0 Å². The normalized spacial score (nSPS) is 8.33. The van der Waals surface area contributed by atoms with Gasteiger partial charge in [-0.05, 0) is 20.8 Å². The lowest BCUT2D eigenvalue weighted by Crippen LogP contribution is -2.00. The summed E-state index contributed by atoms with van der Waals surface area (Å²) in [6.45, 7) is 5.14. The third kappa shape index (κ3) is 7.14. The van der Waals surface area contributed by atoms with Gasteiger partial charge in [-0.25, -0.2) is 0 Å². The minimum Gasteiger partial charge on any atom is -0.388 e. The van der Waals surface area contributed by atoms with Crippen molar-refractivity contribution in [2.75, 3.05) is 6.61 Å². The fraction of sp³-hybridized carbons (Fsp3) is 0.667. The molecule has 0 amide bonds. The number of rotatable bonds is 3. The van der Waals surface area contributed by atoms with Crippen LogP contribution in [0.1, 0.15) is 20.8 Å². The summed E-state index contributed by atoms with van der Waals surface area (Å²) >= 11 is 0. The Labute approximate surface area is 54.7 Å². The van der Waals surface area contributed by atoms with Crippen LogP contribution in [-0.4, -0.2) is 18.1 Å². The summed E-state index contributed by atoms with van der Waals surface area (Å²) < 4.78 is 0. The molecule has 0 aromatic carbocycles. The van der Waals surface area contributed by atoms with Gasteiger partial charge in [0.2, 0.25) is 0 Å². The van der Waals surface area contributed by atoms with E-state index in [-0.39, 0.29) is 12.4 Å². The van der Waals surface area contributed by atoms with Crippen molar-refractivity contribution < 1.29 is 9.63 Å². The van der Waals surface area contributed by atoms with Gasteiger partial charge in [0.25, 0.3) is 0 Å². The Kier molecular flexibility index (Phi) is 3.67. The van der Waals surface area contributed by atoms with E-state index in [1.165, 1.54) is 6.92 Å². The molecule has 0 radical (unpaired) electrons. The molecule has 0 saturated carbocycles. The molecule has 0 aromatic heterocycles. The molecule has 0 saturated heterocycles. The van der Waals surface area contributed by atoms with Crippen molar-refractivity contribution >= 4 is 11.5 Å². The summed E-state index contributed by atoms with van der Waals surface area (Å²) in [4.78, 5) is 14.8. The number of Topliss-reactive ketones (excluding diaryl/α,β-unsaturated/α-hetero) is 1. The lowest BCUT2D eigenvalue weighted by atomic mass is 10.5. The standard InChI is InChI=1S/C6H11NO2/c1-5(2)7-9-4-6(3)8/h4H2,1-3H3. The van der Waals surface area contributed by atoms with Gasteiger partial charge in [-0.15, -0.1) is 0 Å². The molecule has 0 atom stereocenters. The van der Waals surface area contributed by atoms with Crippen LogP contribution in [0.2, 0.25) is 0 Å². The average Bonchev–Trinajstić information content (AvgIpc) is 1.63. The number of hydrogen-bond donors (Lipinski definition) is 0. The molecule has 0 bridgehead atoms. The molecule has 0 aliphatic carbocycles. The predicted molar refractivity (Wildman–Crippen MR) is 35.4 cm³/mol. The molecule has 0 rings (SSSR count). The van der Waals surface area contributed by atoms with Crippen molar-refractivity contribution in [1.82, 2.24) is 0 Å². The van der Waals surface area contributed by atoms with E-state index in [9.17, 15) is 4.79 Å². The van der Waals surface area contributed by atoms with Crippen LogP contribution in [0.15, 0.2) is 5.16 Å². The van der Waals surface area contributed by atoms with Crippen LogP contribution >= 0.6 is 0 Å². The van der Waals surface area contributed by atoms with E-state index in [0.29, 0.717) is 0 Å². The molecule has 0 aliphatic rings. The Morgan fingerprint density at radius 1 is 1.44 bits per heavy atom. The van der Waals surface area contributed by atoms with Crippen LogP contribution in [-0.2, 0) is 9.63 Å². The van der Waals surface area contributed by atoms with Gasteiger partial charge >= 0.3 is 0 Å². The molecule has 0 N–H and O–H groups in total. The molecule has 0 fully saturated rings. The van der Waals surface area contributed by atoms with Gasteiger partial charge in [0, 0.05) is 0 Å². The molecule has 9 heavy (non-hydrogen) atoms. The molecular formula is C6H11NO2. The fourth-order valence-corrected chi connectivity index (χ4v) is 0.252. The van der Waals surface area contributed by atoms with Gasteiger partial charge < -0.3 is 4.84 Å². The topological polar surface area (TPSA) is 38.7 Å². The Hall–Kier alpha value is -0.860. The van der Waals surface area contributed by atoms with Gasteiger partial charge in [0.1, 0.15) is 0 Å². The third-order valence-corrected chi connectivity index (χ3v) is 0.515. The van der Waals surface area contributed by atoms with Crippen molar-refractivity contribution in [3.05, 3.63) is 0 Å². The predicted octanol–water partition coefficient (Wildman–Crippen LogP) is 0.988. The summed E-state index contributed by atoms with van der Waals surface area (Å²) in [5.41, 5.74) is 0.816. The van der Waals surface area contributed by atoms with Crippen molar-refractivity contribution in [2.45, 2.75) is 20.8 Å². The van der Waals surface area contributed by atoms with E-state index >= 15 is 0 Å². The average molecular weight is 129 g/mol. The molecule has 0 heterocycles. The van der Waals surface area contributed by atoms with Crippen molar-refractivity contribution in [3.63, 3.8) is 0 Å². The van der Waals surface area contributed by atoms with Crippen LogP contribution < -0.4 is 0 Å². The minimum absolute atomic E-state index is 0.0139. The fourth-order valence-electron chi connectivity index (χ4n) is 0.252. The maximum absolute atomic E-state index is 10.2. The Morgan fingerprint density at radius 2 is 2.00 bits per heavy atom. The minimum atomic E-state index is -0.0139. The number of nitrogens with zero attached hydrogens (tertiary/aromatic N) is 1. The smallest absolute Gasteiger partial charge is 0.174 e. The van der Waals surface area contributed by atoms with E-state index in [1.807, 2.05) is 0 Å². The first-order chi connectivity index (χ1) is 4.13. The van der Waals surface area contributed by atoms with Gasteiger partial charge in [0.05, 0.1) is 5.71 Å². The summed E-state index contributed by atoms with van der Waals surface area (Å²) in [6, 6.07) is 0. The lowest BCUT2D eigenvalue weighted by Gasteiger charge is -1.92. The number of oxime groups is 1. The molecule has 52 valence electrons. The van der Waals surface area contributed by atoms with Gasteiger partial charge in [0.15, 0.2) is 12.4 Å². The Balaban J connectivity index is 3.31. The molecule has 0 spiro atoms.